The zero-order valence-electron chi connectivity index (χ0n) is 15.5. The van der Waals surface area contributed by atoms with Crippen molar-refractivity contribution in [2.45, 2.75) is 50.7 Å². The molecule has 1 fully saturated rings. The smallest absolute Gasteiger partial charge is 0.167 e. The zero-order valence-corrected chi connectivity index (χ0v) is 15.5. The quantitative estimate of drug-likeness (QED) is 0.419. The number of ether oxygens (including phenoxy) is 2. The first-order valence-electron chi connectivity index (χ1n) is 9.29. The summed E-state index contributed by atoms with van der Waals surface area (Å²) >= 11 is 0. The van der Waals surface area contributed by atoms with Gasteiger partial charge in [-0.1, -0.05) is 25.8 Å². The monoisotopic (exact) mass is 377 g/mol. The molecule has 2 unspecified atom stereocenters. The van der Waals surface area contributed by atoms with Gasteiger partial charge in [0.15, 0.2) is 23.2 Å². The van der Waals surface area contributed by atoms with E-state index in [9.17, 15) is 10.2 Å². The number of aromatic nitrogens is 4. The summed E-state index contributed by atoms with van der Waals surface area (Å²) in [6.45, 7) is 6.55. The van der Waals surface area contributed by atoms with Crippen molar-refractivity contribution in [2.75, 3.05) is 25.1 Å². The van der Waals surface area contributed by atoms with Crippen LogP contribution in [-0.2, 0) is 9.47 Å². The fraction of sp³-hybridized carbons (Fsp3) is 0.611. The lowest BCUT2D eigenvalue weighted by molar-refractivity contribution is -0.0645. The fourth-order valence-corrected chi connectivity index (χ4v) is 3.20. The first kappa shape index (κ1) is 19.7. The second kappa shape index (κ2) is 9.23. The number of aliphatic hydroxyl groups is 2. The van der Waals surface area contributed by atoms with E-state index in [1.807, 2.05) is 0 Å². The molecule has 3 rings (SSSR count). The van der Waals surface area contributed by atoms with E-state index in [0.29, 0.717) is 17.0 Å². The summed E-state index contributed by atoms with van der Waals surface area (Å²) in [6.07, 6.45) is 4.97. The van der Waals surface area contributed by atoms with Crippen LogP contribution in [0.1, 0.15) is 32.4 Å². The first-order chi connectivity index (χ1) is 13.2. The average Bonchev–Trinajstić information content (AvgIpc) is 3.25. The van der Waals surface area contributed by atoms with Crippen molar-refractivity contribution in [1.29, 1.82) is 0 Å². The second-order valence-corrected chi connectivity index (χ2v) is 6.51. The molecule has 0 amide bonds. The number of aliphatic hydroxyl groups excluding tert-OH is 2. The Morgan fingerprint density at radius 1 is 1.37 bits per heavy atom. The normalized spacial score (nSPS) is 25.1. The molecular formula is C18H27N5O4. The second-order valence-electron chi connectivity index (χ2n) is 6.51. The van der Waals surface area contributed by atoms with Gasteiger partial charge >= 0.3 is 0 Å². The predicted octanol–water partition coefficient (Wildman–Crippen LogP) is 1.25. The maximum absolute atomic E-state index is 10.4. The summed E-state index contributed by atoms with van der Waals surface area (Å²) in [5.74, 6) is 0.663. The van der Waals surface area contributed by atoms with Gasteiger partial charge in [-0.05, 0) is 6.42 Å². The molecule has 0 spiro atoms. The molecule has 3 N–H and O–H groups in total. The Bertz CT molecular complexity index is 752. The van der Waals surface area contributed by atoms with Crippen molar-refractivity contribution in [3.63, 3.8) is 0 Å². The molecule has 0 bridgehead atoms. The van der Waals surface area contributed by atoms with E-state index in [1.54, 1.807) is 17.0 Å². The van der Waals surface area contributed by atoms with Gasteiger partial charge in [-0.25, -0.2) is 15.0 Å². The van der Waals surface area contributed by atoms with Gasteiger partial charge in [0, 0.05) is 6.54 Å². The van der Waals surface area contributed by atoms with Gasteiger partial charge < -0.3 is 25.0 Å². The molecule has 0 aromatic carbocycles. The Balaban J connectivity index is 1.86. The van der Waals surface area contributed by atoms with Crippen LogP contribution in [0.5, 0.6) is 0 Å². The Hall–Kier alpha value is -2.07. The molecule has 9 nitrogen and oxygen atoms in total. The van der Waals surface area contributed by atoms with Crippen LogP contribution in [0.2, 0.25) is 0 Å². The van der Waals surface area contributed by atoms with Gasteiger partial charge in [0.2, 0.25) is 0 Å². The van der Waals surface area contributed by atoms with E-state index in [-0.39, 0.29) is 13.2 Å². The topological polar surface area (TPSA) is 115 Å². The third kappa shape index (κ3) is 4.11. The van der Waals surface area contributed by atoms with Gasteiger partial charge in [-0.2, -0.15) is 0 Å². The van der Waals surface area contributed by atoms with Crippen LogP contribution in [0.25, 0.3) is 11.2 Å². The van der Waals surface area contributed by atoms with Crippen LogP contribution in [-0.4, -0.2) is 67.8 Å². The minimum Gasteiger partial charge on any atom is -0.394 e. The summed E-state index contributed by atoms with van der Waals surface area (Å²) in [5, 5.41) is 23.2. The third-order valence-corrected chi connectivity index (χ3v) is 4.60. The first-order valence-corrected chi connectivity index (χ1v) is 9.29. The van der Waals surface area contributed by atoms with Gasteiger partial charge in [-0.15, -0.1) is 6.58 Å². The van der Waals surface area contributed by atoms with Crippen molar-refractivity contribution in [3.8, 4) is 0 Å². The molecule has 0 aliphatic carbocycles. The predicted molar refractivity (Wildman–Crippen MR) is 100 cm³/mol. The Kier molecular flexibility index (Phi) is 6.73. The average molecular weight is 377 g/mol. The Morgan fingerprint density at radius 2 is 2.22 bits per heavy atom. The number of imidazole rings is 1. The van der Waals surface area contributed by atoms with Crippen molar-refractivity contribution < 1.29 is 19.7 Å². The Morgan fingerprint density at radius 3 is 2.96 bits per heavy atom. The summed E-state index contributed by atoms with van der Waals surface area (Å²) in [6, 6.07) is 0. The Labute approximate surface area is 158 Å². The molecule has 27 heavy (non-hydrogen) atoms. The summed E-state index contributed by atoms with van der Waals surface area (Å²) < 4.78 is 13.2. The van der Waals surface area contributed by atoms with E-state index < -0.39 is 24.5 Å². The van der Waals surface area contributed by atoms with Crippen molar-refractivity contribution in [1.82, 2.24) is 19.5 Å². The van der Waals surface area contributed by atoms with Crippen LogP contribution >= 0.6 is 0 Å². The van der Waals surface area contributed by atoms with Crippen molar-refractivity contribution in [2.24, 2.45) is 0 Å². The van der Waals surface area contributed by atoms with E-state index in [0.717, 1.165) is 25.8 Å². The number of nitrogens with one attached hydrogen (secondary N) is 1. The highest BCUT2D eigenvalue weighted by molar-refractivity contribution is 5.82. The van der Waals surface area contributed by atoms with E-state index in [4.69, 9.17) is 9.47 Å². The molecule has 1 aliphatic heterocycles. The lowest BCUT2D eigenvalue weighted by Gasteiger charge is -2.21. The number of anilines is 1. The molecule has 2 aromatic rings. The highest BCUT2D eigenvalue weighted by Gasteiger charge is 2.45. The van der Waals surface area contributed by atoms with Gasteiger partial charge in [0.05, 0.1) is 19.5 Å². The van der Waals surface area contributed by atoms with Crippen LogP contribution in [0.3, 0.4) is 0 Å². The van der Waals surface area contributed by atoms with Crippen LogP contribution < -0.4 is 5.32 Å². The van der Waals surface area contributed by atoms with Crippen molar-refractivity contribution >= 4 is 17.0 Å². The molecule has 9 heteroatoms. The molecular weight excluding hydrogens is 350 g/mol. The van der Waals surface area contributed by atoms with Crippen molar-refractivity contribution in [3.05, 3.63) is 25.3 Å². The standard InChI is InChI=1S/C18H27N5O4/c1-3-5-6-7-19-16-13-17(21-10-20-16)23(11-22-13)18-15(26-8-4-2)14(25)12(9-24)27-18/h4,10-12,14-15,18,24-25H,2-3,5-9H2,1H3,(H,19,20,21)/t12-,14?,15?,18-/m1/s1. The molecule has 148 valence electrons. The molecule has 1 aliphatic rings. The van der Waals surface area contributed by atoms with E-state index in [2.05, 4.69) is 33.8 Å². The molecule has 0 saturated carbocycles. The van der Waals surface area contributed by atoms with Crippen LogP contribution in [0, 0.1) is 0 Å². The lowest BCUT2D eigenvalue weighted by atomic mass is 10.1. The maximum atomic E-state index is 10.4. The van der Waals surface area contributed by atoms with Gasteiger partial charge in [0.1, 0.15) is 24.6 Å². The van der Waals surface area contributed by atoms with Gasteiger partial charge in [-0.3, -0.25) is 4.57 Å². The van der Waals surface area contributed by atoms with Crippen LogP contribution in [0.4, 0.5) is 5.82 Å². The lowest BCUT2D eigenvalue weighted by Crippen LogP contribution is -2.35. The summed E-state index contributed by atoms with van der Waals surface area (Å²) in [7, 11) is 0. The number of unbranched alkanes of at least 4 members (excludes halogenated alkanes) is 2. The molecule has 4 atom stereocenters. The minimum atomic E-state index is -0.967. The number of fused-ring (bicyclic) bond motifs is 1. The number of rotatable bonds is 10. The highest BCUT2D eigenvalue weighted by atomic mass is 16.6. The van der Waals surface area contributed by atoms with Crippen LogP contribution in [0.15, 0.2) is 25.3 Å². The zero-order chi connectivity index (χ0) is 19.2. The molecule has 1 saturated heterocycles. The molecule has 0 radical (unpaired) electrons. The molecule has 2 aromatic heterocycles. The number of nitrogens with zero attached hydrogens (tertiary/aromatic N) is 4. The largest absolute Gasteiger partial charge is 0.394 e. The fourth-order valence-electron chi connectivity index (χ4n) is 3.20. The van der Waals surface area contributed by atoms with Gasteiger partial charge in [0.25, 0.3) is 0 Å². The van der Waals surface area contributed by atoms with E-state index >= 15 is 0 Å². The van der Waals surface area contributed by atoms with E-state index in [1.165, 1.54) is 6.33 Å². The summed E-state index contributed by atoms with van der Waals surface area (Å²) in [5.41, 5.74) is 1.20. The third-order valence-electron chi connectivity index (χ3n) is 4.60. The number of hydrogen-bond donors (Lipinski definition) is 3. The number of hydrogen-bond acceptors (Lipinski definition) is 8. The highest BCUT2D eigenvalue weighted by Crippen LogP contribution is 2.34. The SMILES string of the molecule is C=CCOC1C(O)[C@@H](CO)O[C@H]1n1cnc2c(NCCCCC)ncnc21. The summed E-state index contributed by atoms with van der Waals surface area (Å²) in [4.78, 5) is 13.0. The molecule has 3 heterocycles. The minimum absolute atomic E-state index is 0.256. The maximum Gasteiger partial charge on any atom is 0.167 e.